The molecule has 1 heterocycles. The second-order valence-electron chi connectivity index (χ2n) is 9.12. The number of likely N-dealkylation sites (tertiary alicyclic amines) is 1. The first-order valence-electron chi connectivity index (χ1n) is 11.3. The topological polar surface area (TPSA) is 65.1 Å². The number of carbonyl (C=O) groups is 2. The number of hydrogen-bond acceptors (Lipinski definition) is 5. The number of piperidine rings is 1. The Morgan fingerprint density at radius 3 is 2.56 bits per heavy atom. The van der Waals surface area contributed by atoms with Crippen LogP contribution in [-0.4, -0.2) is 42.8 Å². The number of allylic oxidation sites excluding steroid dienone is 4. The number of hydrogen-bond donors (Lipinski definition) is 0. The molecule has 1 saturated heterocycles. The van der Waals surface area contributed by atoms with Crippen LogP contribution < -0.4 is 4.74 Å². The minimum Gasteiger partial charge on any atom is -0.465 e. The minimum absolute atomic E-state index is 0.266. The van der Waals surface area contributed by atoms with Crippen molar-refractivity contribution in [3.63, 3.8) is 0 Å². The standard InChI is InChI=1S/C28H31NO5/c1-20-18-23(26(30)32-5)12-13-25(20)33-24-9-7-6-8-22(19-24)11-10-21-14-16-29(17-15-21)27(31)34-28(2,3)4/h6,8-9,11-13,18-19H,14-17H2,1-5H3. The number of carbonyl (C=O) groups excluding carboxylic acids is 2. The lowest BCUT2D eigenvalue weighted by molar-refractivity contribution is 0.0236. The van der Waals surface area contributed by atoms with Gasteiger partial charge >= 0.3 is 12.1 Å². The van der Waals surface area contributed by atoms with Crippen molar-refractivity contribution in [1.82, 2.24) is 4.90 Å². The summed E-state index contributed by atoms with van der Waals surface area (Å²) < 4.78 is 16.3. The van der Waals surface area contributed by atoms with Crippen molar-refractivity contribution in [2.24, 2.45) is 0 Å². The fourth-order valence-electron chi connectivity index (χ4n) is 3.43. The normalized spacial score (nSPS) is 15.6. The molecule has 1 aromatic carbocycles. The summed E-state index contributed by atoms with van der Waals surface area (Å²) in [6.07, 6.45) is 10.6. The van der Waals surface area contributed by atoms with Crippen molar-refractivity contribution in [1.29, 1.82) is 0 Å². The number of rotatable bonds is 4. The Balaban J connectivity index is 1.67. The van der Waals surface area contributed by atoms with Gasteiger partial charge in [0.1, 0.15) is 17.1 Å². The van der Waals surface area contributed by atoms with E-state index in [0.717, 1.165) is 29.6 Å². The van der Waals surface area contributed by atoms with Crippen molar-refractivity contribution >= 4 is 12.1 Å². The fourth-order valence-corrected chi connectivity index (χ4v) is 3.43. The number of esters is 1. The largest absolute Gasteiger partial charge is 0.465 e. The van der Waals surface area contributed by atoms with Gasteiger partial charge in [-0.1, -0.05) is 0 Å². The molecule has 6 heteroatoms. The molecule has 178 valence electrons. The summed E-state index contributed by atoms with van der Waals surface area (Å²) in [5.74, 6) is 0.887. The molecule has 0 saturated carbocycles. The number of amides is 1. The molecule has 3 rings (SSSR count). The number of methoxy groups -OCH3 is 1. The molecule has 0 N–H and O–H groups in total. The molecule has 1 fully saturated rings. The number of nitrogens with zero attached hydrogens (tertiary/aromatic N) is 1. The molecule has 1 aromatic rings. The molecular formula is C28H31NO5. The van der Waals surface area contributed by atoms with E-state index < -0.39 is 5.60 Å². The van der Waals surface area contributed by atoms with Crippen molar-refractivity contribution in [3.8, 4) is 5.75 Å². The highest BCUT2D eigenvalue weighted by atomic mass is 16.6. The van der Waals surface area contributed by atoms with Crippen molar-refractivity contribution in [2.75, 3.05) is 20.2 Å². The summed E-state index contributed by atoms with van der Waals surface area (Å²) in [5, 5.41) is 0. The maximum Gasteiger partial charge on any atom is 0.410 e. The van der Waals surface area contributed by atoms with Gasteiger partial charge in [-0.15, -0.1) is 11.5 Å². The van der Waals surface area contributed by atoms with Gasteiger partial charge in [0, 0.05) is 19.2 Å². The quantitative estimate of drug-likeness (QED) is 0.418. The van der Waals surface area contributed by atoms with Crippen LogP contribution >= 0.6 is 0 Å². The zero-order valence-corrected chi connectivity index (χ0v) is 20.4. The predicted octanol–water partition coefficient (Wildman–Crippen LogP) is 5.81. The maximum atomic E-state index is 12.2. The van der Waals surface area contributed by atoms with Crippen LogP contribution in [0.3, 0.4) is 0 Å². The zero-order chi connectivity index (χ0) is 24.7. The van der Waals surface area contributed by atoms with Crippen LogP contribution in [-0.2, 0) is 9.47 Å². The van der Waals surface area contributed by atoms with Crippen LogP contribution in [0.2, 0.25) is 0 Å². The van der Waals surface area contributed by atoms with Crippen LogP contribution in [0.15, 0.2) is 76.9 Å². The van der Waals surface area contributed by atoms with E-state index in [0.29, 0.717) is 30.2 Å². The van der Waals surface area contributed by atoms with E-state index in [1.807, 2.05) is 52.0 Å². The second kappa shape index (κ2) is 10.9. The first kappa shape index (κ1) is 24.9. The van der Waals surface area contributed by atoms with Crippen LogP contribution in [0.4, 0.5) is 4.79 Å². The van der Waals surface area contributed by atoms with Crippen molar-refractivity contribution < 1.29 is 23.8 Å². The highest BCUT2D eigenvalue weighted by molar-refractivity contribution is 5.89. The summed E-state index contributed by atoms with van der Waals surface area (Å²) in [5.41, 5.74) is 9.34. The van der Waals surface area contributed by atoms with Gasteiger partial charge < -0.3 is 19.1 Å². The monoisotopic (exact) mass is 461 g/mol. The SMILES string of the molecule is COC(=O)c1ccc(OC2=CC(C=C=C3CCN(C(=O)OC(C)(C)C)CC3)=CC=C=C2)c(C)c1. The first-order valence-corrected chi connectivity index (χ1v) is 11.3. The second-order valence-corrected chi connectivity index (χ2v) is 9.12. The highest BCUT2D eigenvalue weighted by Gasteiger charge is 2.24. The lowest BCUT2D eigenvalue weighted by Crippen LogP contribution is -2.40. The van der Waals surface area contributed by atoms with E-state index in [-0.39, 0.29) is 12.1 Å². The third-order valence-corrected chi connectivity index (χ3v) is 5.19. The van der Waals surface area contributed by atoms with Gasteiger partial charge in [0.2, 0.25) is 0 Å². The van der Waals surface area contributed by atoms with Gasteiger partial charge in [0.15, 0.2) is 0 Å². The minimum atomic E-state index is -0.491. The average Bonchev–Trinajstić information content (AvgIpc) is 3.02. The summed E-state index contributed by atoms with van der Waals surface area (Å²) >= 11 is 0. The Hall–Kier alpha value is -3.72. The lowest BCUT2D eigenvalue weighted by atomic mass is 10.0. The molecule has 0 atom stereocenters. The Kier molecular flexibility index (Phi) is 8.01. The molecule has 1 aliphatic carbocycles. The van der Waals surface area contributed by atoms with Gasteiger partial charge in [-0.25, -0.2) is 9.59 Å². The fraction of sp³-hybridized carbons (Fsp3) is 0.357. The lowest BCUT2D eigenvalue weighted by Gasteiger charge is -2.30. The van der Waals surface area contributed by atoms with Crippen molar-refractivity contribution in [3.05, 3.63) is 88.1 Å². The van der Waals surface area contributed by atoms with E-state index in [4.69, 9.17) is 14.2 Å². The smallest absolute Gasteiger partial charge is 0.410 e. The molecule has 1 aliphatic heterocycles. The van der Waals surface area contributed by atoms with E-state index in [2.05, 4.69) is 11.5 Å². The van der Waals surface area contributed by atoms with Crippen LogP contribution in [0, 0.1) is 6.92 Å². The Labute approximate surface area is 201 Å². The summed E-state index contributed by atoms with van der Waals surface area (Å²) in [6, 6.07) is 5.17. The first-order chi connectivity index (χ1) is 16.1. The molecule has 6 nitrogen and oxygen atoms in total. The zero-order valence-electron chi connectivity index (χ0n) is 20.4. The molecule has 0 spiro atoms. The van der Waals surface area contributed by atoms with Crippen LogP contribution in [0.1, 0.15) is 49.5 Å². The molecule has 0 bridgehead atoms. The molecule has 0 radical (unpaired) electrons. The summed E-state index contributed by atoms with van der Waals surface area (Å²) in [4.78, 5) is 25.7. The molecular weight excluding hydrogens is 430 g/mol. The average molecular weight is 462 g/mol. The van der Waals surface area contributed by atoms with Crippen LogP contribution in [0.5, 0.6) is 5.75 Å². The van der Waals surface area contributed by atoms with Crippen LogP contribution in [0.25, 0.3) is 0 Å². The Morgan fingerprint density at radius 1 is 1.18 bits per heavy atom. The van der Waals surface area contributed by atoms with Crippen molar-refractivity contribution in [2.45, 2.75) is 46.1 Å². The van der Waals surface area contributed by atoms with Gasteiger partial charge in [0.05, 0.1) is 12.7 Å². The predicted molar refractivity (Wildman–Crippen MR) is 131 cm³/mol. The summed E-state index contributed by atoms with van der Waals surface area (Å²) in [6.45, 7) is 8.74. The van der Waals surface area contributed by atoms with Gasteiger partial charge in [-0.05, 0) is 99.7 Å². The van der Waals surface area contributed by atoms with Gasteiger partial charge in [-0.3, -0.25) is 0 Å². The maximum absolute atomic E-state index is 12.2. The molecule has 34 heavy (non-hydrogen) atoms. The third kappa shape index (κ3) is 7.14. The number of ether oxygens (including phenoxy) is 3. The van der Waals surface area contributed by atoms with Gasteiger partial charge in [-0.2, -0.15) is 0 Å². The molecule has 0 unspecified atom stereocenters. The van der Waals surface area contributed by atoms with E-state index in [1.165, 1.54) is 7.11 Å². The number of benzene rings is 1. The van der Waals surface area contributed by atoms with E-state index in [9.17, 15) is 9.59 Å². The molecule has 0 aromatic heterocycles. The molecule has 2 aliphatic rings. The number of aryl methyl sites for hydroxylation is 1. The van der Waals surface area contributed by atoms with Gasteiger partial charge in [0.25, 0.3) is 0 Å². The van der Waals surface area contributed by atoms with E-state index >= 15 is 0 Å². The molecule has 1 amide bonds. The summed E-state index contributed by atoms with van der Waals surface area (Å²) in [7, 11) is 1.36. The third-order valence-electron chi connectivity index (χ3n) is 5.19. The Bertz CT molecular complexity index is 1140. The Morgan fingerprint density at radius 2 is 1.91 bits per heavy atom. The highest BCUT2D eigenvalue weighted by Crippen LogP contribution is 2.24. The van der Waals surface area contributed by atoms with E-state index in [1.54, 1.807) is 29.2 Å².